The third-order valence-electron chi connectivity index (χ3n) is 3.79. The first-order valence-corrected chi connectivity index (χ1v) is 7.74. The lowest BCUT2D eigenvalue weighted by Crippen LogP contribution is -2.54. The van der Waals surface area contributed by atoms with Gasteiger partial charge in [0.1, 0.15) is 0 Å². The lowest BCUT2D eigenvalue weighted by Gasteiger charge is -2.37. The molecule has 0 spiro atoms. The SMILES string of the molecule is O=C(NCC(F)F)C1CN(c2nc3c(s2)CCCC3)C1. The number of aromatic nitrogens is 1. The number of carbonyl (C=O) groups excluding carboxylic acids is 1. The van der Waals surface area contributed by atoms with E-state index in [1.165, 1.54) is 23.4 Å². The van der Waals surface area contributed by atoms with Crippen molar-refractivity contribution in [1.29, 1.82) is 0 Å². The van der Waals surface area contributed by atoms with Gasteiger partial charge in [0.15, 0.2) is 5.13 Å². The summed E-state index contributed by atoms with van der Waals surface area (Å²) in [6.45, 7) is 0.615. The highest BCUT2D eigenvalue weighted by Crippen LogP contribution is 2.34. The first-order chi connectivity index (χ1) is 9.63. The first-order valence-electron chi connectivity index (χ1n) is 6.93. The molecule has 0 aromatic carbocycles. The van der Waals surface area contributed by atoms with Crippen molar-refractivity contribution in [2.45, 2.75) is 32.1 Å². The standard InChI is InChI=1S/C13H17F2N3OS/c14-11(15)5-16-12(19)8-6-18(7-8)13-17-9-3-1-2-4-10(9)20-13/h8,11H,1-7H2,(H,16,19). The maximum atomic E-state index is 12.0. The van der Waals surface area contributed by atoms with Gasteiger partial charge in [-0.3, -0.25) is 4.79 Å². The topological polar surface area (TPSA) is 45.2 Å². The van der Waals surface area contributed by atoms with Crippen LogP contribution in [0.4, 0.5) is 13.9 Å². The van der Waals surface area contributed by atoms with Crippen LogP contribution in [0.3, 0.4) is 0 Å². The van der Waals surface area contributed by atoms with Crippen LogP contribution in [0.2, 0.25) is 0 Å². The Bertz CT molecular complexity index is 476. The van der Waals surface area contributed by atoms with Crippen molar-refractivity contribution in [3.8, 4) is 0 Å². The van der Waals surface area contributed by atoms with Crippen molar-refractivity contribution in [3.05, 3.63) is 10.6 Å². The second-order valence-electron chi connectivity index (χ2n) is 5.31. The summed E-state index contributed by atoms with van der Waals surface area (Å²) in [7, 11) is 0. The Morgan fingerprint density at radius 3 is 2.85 bits per heavy atom. The molecule has 1 N–H and O–H groups in total. The lowest BCUT2D eigenvalue weighted by atomic mass is 10.00. The van der Waals surface area contributed by atoms with Gasteiger partial charge in [0.25, 0.3) is 6.43 Å². The van der Waals surface area contributed by atoms with E-state index < -0.39 is 13.0 Å². The Kier molecular flexibility index (Phi) is 3.87. The van der Waals surface area contributed by atoms with Crippen molar-refractivity contribution in [2.75, 3.05) is 24.5 Å². The summed E-state index contributed by atoms with van der Waals surface area (Å²) in [4.78, 5) is 19.7. The van der Waals surface area contributed by atoms with Gasteiger partial charge >= 0.3 is 0 Å². The third-order valence-corrected chi connectivity index (χ3v) is 5.01. The number of aryl methyl sites for hydroxylation is 2. The molecule has 20 heavy (non-hydrogen) atoms. The van der Waals surface area contributed by atoms with Gasteiger partial charge in [0, 0.05) is 18.0 Å². The van der Waals surface area contributed by atoms with E-state index in [-0.39, 0.29) is 11.8 Å². The van der Waals surface area contributed by atoms with E-state index in [4.69, 9.17) is 0 Å². The molecule has 0 radical (unpaired) electrons. The van der Waals surface area contributed by atoms with Gasteiger partial charge in [-0.05, 0) is 25.7 Å². The van der Waals surface area contributed by atoms with E-state index in [1.54, 1.807) is 11.3 Å². The maximum absolute atomic E-state index is 12.0. The summed E-state index contributed by atoms with van der Waals surface area (Å²) in [6.07, 6.45) is 2.11. The van der Waals surface area contributed by atoms with Crippen LogP contribution in [0.25, 0.3) is 0 Å². The number of carbonyl (C=O) groups is 1. The number of thiazole rings is 1. The average molecular weight is 301 g/mol. The second kappa shape index (κ2) is 5.63. The Morgan fingerprint density at radius 1 is 1.40 bits per heavy atom. The number of fused-ring (bicyclic) bond motifs is 1. The van der Waals surface area contributed by atoms with Gasteiger partial charge in [0.05, 0.1) is 18.2 Å². The van der Waals surface area contributed by atoms with Crippen LogP contribution < -0.4 is 10.2 Å². The molecule has 2 heterocycles. The summed E-state index contributed by atoms with van der Waals surface area (Å²) in [6, 6.07) is 0. The number of anilines is 1. The highest BCUT2D eigenvalue weighted by Gasteiger charge is 2.35. The monoisotopic (exact) mass is 301 g/mol. The third kappa shape index (κ3) is 2.77. The minimum atomic E-state index is -2.49. The minimum Gasteiger partial charge on any atom is -0.350 e. The fourth-order valence-electron chi connectivity index (χ4n) is 2.60. The molecule has 1 aliphatic heterocycles. The van der Waals surface area contributed by atoms with Crippen LogP contribution in [0.15, 0.2) is 0 Å². The van der Waals surface area contributed by atoms with Crippen molar-refractivity contribution in [2.24, 2.45) is 5.92 Å². The van der Waals surface area contributed by atoms with Gasteiger partial charge in [-0.25, -0.2) is 13.8 Å². The quantitative estimate of drug-likeness (QED) is 0.923. The van der Waals surface area contributed by atoms with E-state index in [2.05, 4.69) is 15.2 Å². The molecular weight excluding hydrogens is 284 g/mol. The number of amides is 1. The molecule has 1 aromatic heterocycles. The van der Waals surface area contributed by atoms with Gasteiger partial charge in [-0.2, -0.15) is 0 Å². The fraction of sp³-hybridized carbons (Fsp3) is 0.692. The molecule has 7 heteroatoms. The first kappa shape index (κ1) is 13.7. The molecule has 1 aromatic rings. The summed E-state index contributed by atoms with van der Waals surface area (Å²) in [5.74, 6) is -0.461. The van der Waals surface area contributed by atoms with Crippen molar-refractivity contribution in [1.82, 2.24) is 10.3 Å². The van der Waals surface area contributed by atoms with Crippen LogP contribution >= 0.6 is 11.3 Å². The van der Waals surface area contributed by atoms with Crippen molar-refractivity contribution < 1.29 is 13.6 Å². The zero-order valence-electron chi connectivity index (χ0n) is 11.1. The normalized spacial score (nSPS) is 18.9. The fourth-order valence-corrected chi connectivity index (χ4v) is 3.76. The van der Waals surface area contributed by atoms with E-state index in [1.807, 2.05) is 0 Å². The molecule has 0 unspecified atom stereocenters. The van der Waals surface area contributed by atoms with Gasteiger partial charge < -0.3 is 10.2 Å². The van der Waals surface area contributed by atoms with Gasteiger partial charge in [0.2, 0.25) is 5.91 Å². The number of hydrogen-bond donors (Lipinski definition) is 1. The van der Waals surface area contributed by atoms with Gasteiger partial charge in [-0.1, -0.05) is 0 Å². The van der Waals surface area contributed by atoms with Crippen LogP contribution in [0, 0.1) is 5.92 Å². The van der Waals surface area contributed by atoms with E-state index in [0.29, 0.717) is 13.1 Å². The summed E-state index contributed by atoms with van der Waals surface area (Å²) in [5, 5.41) is 3.25. The predicted molar refractivity (Wildman–Crippen MR) is 73.5 cm³/mol. The van der Waals surface area contributed by atoms with Crippen molar-refractivity contribution in [3.63, 3.8) is 0 Å². The maximum Gasteiger partial charge on any atom is 0.255 e. The Morgan fingerprint density at radius 2 is 2.15 bits per heavy atom. The minimum absolute atomic E-state index is 0.185. The Hall–Kier alpha value is -1.24. The van der Waals surface area contributed by atoms with Crippen LogP contribution in [0.1, 0.15) is 23.4 Å². The average Bonchev–Trinajstić information content (AvgIpc) is 2.77. The molecule has 0 atom stereocenters. The lowest BCUT2D eigenvalue weighted by molar-refractivity contribution is -0.126. The van der Waals surface area contributed by atoms with E-state index in [0.717, 1.165) is 18.0 Å². The molecule has 1 aliphatic carbocycles. The molecule has 1 fully saturated rings. The Labute approximate surface area is 120 Å². The number of hydrogen-bond acceptors (Lipinski definition) is 4. The second-order valence-corrected chi connectivity index (χ2v) is 6.37. The molecule has 0 saturated carbocycles. The van der Waals surface area contributed by atoms with E-state index in [9.17, 15) is 13.6 Å². The molecular formula is C13H17F2N3OS. The smallest absolute Gasteiger partial charge is 0.255 e. The Balaban J connectivity index is 1.52. The molecule has 2 aliphatic rings. The molecule has 1 saturated heterocycles. The number of rotatable bonds is 4. The number of halogens is 2. The summed E-state index contributed by atoms with van der Waals surface area (Å²) < 4.78 is 24.0. The predicted octanol–water partition coefficient (Wildman–Crippen LogP) is 1.84. The van der Waals surface area contributed by atoms with Crippen molar-refractivity contribution >= 4 is 22.4 Å². The zero-order chi connectivity index (χ0) is 14.1. The number of alkyl halides is 2. The number of nitrogens with one attached hydrogen (secondary N) is 1. The summed E-state index contributed by atoms with van der Waals surface area (Å²) in [5.41, 5.74) is 1.21. The van der Waals surface area contributed by atoms with Crippen LogP contribution in [0.5, 0.6) is 0 Å². The summed E-state index contributed by atoms with van der Waals surface area (Å²) >= 11 is 1.71. The van der Waals surface area contributed by atoms with Gasteiger partial charge in [-0.15, -0.1) is 11.3 Å². The molecule has 0 bridgehead atoms. The molecule has 1 amide bonds. The van der Waals surface area contributed by atoms with Crippen LogP contribution in [-0.2, 0) is 17.6 Å². The number of nitrogens with zero attached hydrogens (tertiary/aromatic N) is 2. The molecule has 3 rings (SSSR count). The highest BCUT2D eigenvalue weighted by atomic mass is 32.1. The zero-order valence-corrected chi connectivity index (χ0v) is 11.9. The molecule has 110 valence electrons. The van der Waals surface area contributed by atoms with Crippen LogP contribution in [-0.4, -0.2) is 37.0 Å². The highest BCUT2D eigenvalue weighted by molar-refractivity contribution is 7.15. The molecule has 4 nitrogen and oxygen atoms in total. The largest absolute Gasteiger partial charge is 0.350 e. The van der Waals surface area contributed by atoms with E-state index >= 15 is 0 Å².